The summed E-state index contributed by atoms with van der Waals surface area (Å²) in [5, 5.41) is 3.08. The zero-order valence-corrected chi connectivity index (χ0v) is 17.4. The zero-order chi connectivity index (χ0) is 21.1. The number of nitrogens with one attached hydrogen (secondary N) is 3. The number of ether oxygens (including phenoxy) is 1. The molecule has 4 rings (SSSR count). The molecule has 2 aromatic carbocycles. The largest absolute Gasteiger partial charge is 0.464 e. The Morgan fingerprint density at radius 1 is 1.03 bits per heavy atom. The number of furan rings is 1. The van der Waals surface area contributed by atoms with Crippen LogP contribution in [0, 0.1) is 0 Å². The number of carbonyl (C=O) groups excluding carboxylic acids is 2. The predicted octanol–water partition coefficient (Wildman–Crippen LogP) is 1.36. The van der Waals surface area contributed by atoms with E-state index in [0.29, 0.717) is 6.42 Å². The van der Waals surface area contributed by atoms with Crippen molar-refractivity contribution in [2.24, 2.45) is 0 Å². The second kappa shape index (κ2) is 8.85. The molecule has 0 spiro atoms. The molecular formula is C23H28N3O4+. The second-order valence-corrected chi connectivity index (χ2v) is 8.11. The number of amides is 2. The topological polar surface area (TPSA) is 85.0 Å². The number of quaternary nitrogens is 1. The van der Waals surface area contributed by atoms with Crippen LogP contribution in [0.5, 0.6) is 0 Å². The third-order valence-electron chi connectivity index (χ3n) is 5.55. The van der Waals surface area contributed by atoms with Crippen LogP contribution in [-0.2, 0) is 20.7 Å². The van der Waals surface area contributed by atoms with Gasteiger partial charge in [-0.2, -0.15) is 0 Å². The fraction of sp³-hybridized carbons (Fsp3) is 0.391. The summed E-state index contributed by atoms with van der Waals surface area (Å²) in [6.07, 6.45) is 2.50. The van der Waals surface area contributed by atoms with Crippen molar-refractivity contribution >= 4 is 33.6 Å². The summed E-state index contributed by atoms with van der Waals surface area (Å²) in [5.74, 6) is -0.468. The van der Waals surface area contributed by atoms with Crippen molar-refractivity contribution in [2.45, 2.75) is 38.9 Å². The molecule has 0 aliphatic carbocycles. The number of fused-ring (bicyclic) bond motifs is 3. The van der Waals surface area contributed by atoms with Crippen LogP contribution in [0.2, 0.25) is 0 Å². The molecule has 0 bridgehead atoms. The molecular weight excluding hydrogens is 382 g/mol. The molecule has 3 aromatic rings. The number of hydrogen-bond acceptors (Lipinski definition) is 4. The van der Waals surface area contributed by atoms with Crippen molar-refractivity contribution in [1.29, 1.82) is 0 Å². The van der Waals surface area contributed by atoms with E-state index in [9.17, 15) is 9.59 Å². The zero-order valence-electron chi connectivity index (χ0n) is 17.4. The maximum Gasteiger partial charge on any atom is 0.244 e. The number of hydrogen-bond donors (Lipinski definition) is 3. The summed E-state index contributed by atoms with van der Waals surface area (Å²) in [6.45, 7) is 6.62. The van der Waals surface area contributed by atoms with Gasteiger partial charge in [0.1, 0.15) is 30.9 Å². The van der Waals surface area contributed by atoms with E-state index < -0.39 is 0 Å². The van der Waals surface area contributed by atoms with Crippen molar-refractivity contribution in [1.82, 2.24) is 10.9 Å². The smallest absolute Gasteiger partial charge is 0.244 e. The van der Waals surface area contributed by atoms with Gasteiger partial charge in [0, 0.05) is 10.9 Å². The SMILES string of the molecule is C[C@@H]1C[NH+](CCC(=O)NNC(=O)Cc2coc3ccc4ccccc4c23)C[C@H](C)O1. The third-order valence-corrected chi connectivity index (χ3v) is 5.55. The first-order valence-electron chi connectivity index (χ1n) is 10.4. The molecule has 2 heterocycles. The summed E-state index contributed by atoms with van der Waals surface area (Å²) >= 11 is 0. The van der Waals surface area contributed by atoms with Gasteiger partial charge in [0.05, 0.1) is 25.6 Å². The van der Waals surface area contributed by atoms with Gasteiger partial charge < -0.3 is 14.1 Å². The predicted molar refractivity (Wildman–Crippen MR) is 114 cm³/mol. The molecule has 2 amide bonds. The fourth-order valence-electron chi connectivity index (χ4n) is 4.31. The highest BCUT2D eigenvalue weighted by atomic mass is 16.5. The number of morpholine rings is 1. The summed E-state index contributed by atoms with van der Waals surface area (Å²) in [4.78, 5) is 25.9. The van der Waals surface area contributed by atoms with Crippen LogP contribution < -0.4 is 15.8 Å². The van der Waals surface area contributed by atoms with E-state index in [0.717, 1.165) is 46.9 Å². The van der Waals surface area contributed by atoms with Crippen molar-refractivity contribution in [3.05, 3.63) is 48.2 Å². The normalized spacial score (nSPS) is 21.6. The van der Waals surface area contributed by atoms with Gasteiger partial charge in [-0.15, -0.1) is 0 Å². The van der Waals surface area contributed by atoms with Crippen molar-refractivity contribution in [3.63, 3.8) is 0 Å². The molecule has 3 atom stereocenters. The quantitative estimate of drug-likeness (QED) is 0.555. The Kier molecular flexibility index (Phi) is 6.01. The van der Waals surface area contributed by atoms with Crippen LogP contribution in [0.4, 0.5) is 0 Å². The summed E-state index contributed by atoms with van der Waals surface area (Å²) in [6, 6.07) is 11.9. The maximum absolute atomic E-state index is 12.4. The first-order valence-corrected chi connectivity index (χ1v) is 10.4. The van der Waals surface area contributed by atoms with Crippen molar-refractivity contribution < 1.29 is 23.6 Å². The maximum atomic E-state index is 12.4. The average Bonchev–Trinajstić information content (AvgIpc) is 3.13. The van der Waals surface area contributed by atoms with E-state index in [1.54, 1.807) is 6.26 Å². The lowest BCUT2D eigenvalue weighted by molar-refractivity contribution is -0.914. The minimum atomic E-state index is -0.278. The number of hydrazine groups is 1. The molecule has 158 valence electrons. The van der Waals surface area contributed by atoms with Crippen LogP contribution in [-0.4, -0.2) is 43.7 Å². The van der Waals surface area contributed by atoms with E-state index in [2.05, 4.69) is 24.7 Å². The number of benzene rings is 2. The Morgan fingerprint density at radius 3 is 2.57 bits per heavy atom. The molecule has 1 unspecified atom stereocenters. The Bertz CT molecular complexity index is 1050. The lowest BCUT2D eigenvalue weighted by Crippen LogP contribution is -3.15. The molecule has 1 aliphatic rings. The molecule has 7 heteroatoms. The van der Waals surface area contributed by atoms with Crippen LogP contribution in [0.15, 0.2) is 47.1 Å². The van der Waals surface area contributed by atoms with E-state index in [1.807, 2.05) is 36.4 Å². The molecule has 30 heavy (non-hydrogen) atoms. The van der Waals surface area contributed by atoms with E-state index in [1.165, 1.54) is 4.90 Å². The van der Waals surface area contributed by atoms with Crippen LogP contribution in [0.1, 0.15) is 25.8 Å². The van der Waals surface area contributed by atoms with Crippen molar-refractivity contribution in [2.75, 3.05) is 19.6 Å². The highest BCUT2D eigenvalue weighted by Gasteiger charge is 2.25. The van der Waals surface area contributed by atoms with E-state index in [4.69, 9.17) is 9.15 Å². The Hall–Kier alpha value is -2.90. The first kappa shape index (κ1) is 20.4. The highest BCUT2D eigenvalue weighted by Crippen LogP contribution is 2.30. The molecule has 0 saturated carbocycles. The number of carbonyl (C=O) groups is 2. The second-order valence-electron chi connectivity index (χ2n) is 8.11. The van der Waals surface area contributed by atoms with Gasteiger partial charge in [-0.25, -0.2) is 0 Å². The van der Waals surface area contributed by atoms with Gasteiger partial charge in [0.2, 0.25) is 11.8 Å². The Balaban J connectivity index is 1.31. The fourth-order valence-corrected chi connectivity index (χ4v) is 4.31. The lowest BCUT2D eigenvalue weighted by atomic mass is 10.0. The van der Waals surface area contributed by atoms with E-state index >= 15 is 0 Å². The third kappa shape index (κ3) is 4.63. The van der Waals surface area contributed by atoms with Gasteiger partial charge >= 0.3 is 0 Å². The monoisotopic (exact) mass is 410 g/mol. The van der Waals surface area contributed by atoms with Gasteiger partial charge in [-0.3, -0.25) is 20.4 Å². The van der Waals surface area contributed by atoms with Crippen LogP contribution in [0.3, 0.4) is 0 Å². The van der Waals surface area contributed by atoms with Gasteiger partial charge in [-0.1, -0.05) is 30.3 Å². The highest BCUT2D eigenvalue weighted by molar-refractivity contribution is 6.08. The van der Waals surface area contributed by atoms with Gasteiger partial charge in [0.15, 0.2) is 0 Å². The summed E-state index contributed by atoms with van der Waals surface area (Å²) < 4.78 is 11.3. The standard InChI is InChI=1S/C23H27N3O4/c1-15-12-26(13-16(2)30-15)10-9-21(27)24-25-22(28)11-18-14-29-20-8-7-17-5-3-4-6-19(17)23(18)20/h3-8,14-16H,9-13H2,1-2H3,(H,24,27)(H,25,28)/p+1/t15-,16+. The van der Waals surface area contributed by atoms with E-state index in [-0.39, 0.29) is 30.4 Å². The Labute approximate surface area is 175 Å². The molecule has 1 fully saturated rings. The average molecular weight is 410 g/mol. The molecule has 1 aromatic heterocycles. The Morgan fingerprint density at radius 2 is 1.77 bits per heavy atom. The van der Waals surface area contributed by atoms with Crippen LogP contribution >= 0.6 is 0 Å². The number of rotatable bonds is 5. The molecule has 7 nitrogen and oxygen atoms in total. The minimum absolute atomic E-state index is 0.130. The van der Waals surface area contributed by atoms with Gasteiger partial charge in [0.25, 0.3) is 0 Å². The minimum Gasteiger partial charge on any atom is -0.464 e. The van der Waals surface area contributed by atoms with Crippen molar-refractivity contribution in [3.8, 4) is 0 Å². The molecule has 1 saturated heterocycles. The van der Waals surface area contributed by atoms with Crippen LogP contribution in [0.25, 0.3) is 21.7 Å². The lowest BCUT2D eigenvalue weighted by Gasteiger charge is -2.32. The molecule has 3 N–H and O–H groups in total. The summed E-state index contributed by atoms with van der Waals surface area (Å²) in [5.41, 5.74) is 6.60. The molecule has 1 aliphatic heterocycles. The molecule has 0 radical (unpaired) electrons. The van der Waals surface area contributed by atoms with Gasteiger partial charge in [-0.05, 0) is 30.7 Å². The first-order chi connectivity index (χ1) is 14.5. The summed E-state index contributed by atoms with van der Waals surface area (Å²) in [7, 11) is 0.